The highest BCUT2D eigenvalue weighted by atomic mass is 19.1. The predicted octanol–water partition coefficient (Wildman–Crippen LogP) is 3.76. The molecule has 2 heterocycles. The smallest absolute Gasteiger partial charge is 0.223 e. The van der Waals surface area contributed by atoms with Gasteiger partial charge in [0.05, 0.1) is 6.04 Å². The van der Waals surface area contributed by atoms with Crippen LogP contribution < -0.4 is 5.32 Å². The molecule has 0 radical (unpaired) electrons. The topological polar surface area (TPSA) is 32.3 Å². The minimum absolute atomic E-state index is 0.0309. The van der Waals surface area contributed by atoms with Crippen molar-refractivity contribution in [3.8, 4) is 0 Å². The quantitative estimate of drug-likeness (QED) is 0.910. The zero-order valence-electron chi connectivity index (χ0n) is 14.8. The largest absolute Gasteiger partial charge is 0.335 e. The Morgan fingerprint density at radius 1 is 1.38 bits per heavy atom. The SMILES string of the molecule is CC1CC(c2cccc(F)c2)N(C(=O)CC(C)C2CCNCC2)C1. The summed E-state index contributed by atoms with van der Waals surface area (Å²) < 4.78 is 13.6. The van der Waals surface area contributed by atoms with E-state index in [0.717, 1.165) is 44.5 Å². The second kappa shape index (κ2) is 7.64. The van der Waals surface area contributed by atoms with Crippen molar-refractivity contribution in [1.29, 1.82) is 0 Å². The van der Waals surface area contributed by atoms with E-state index in [0.29, 0.717) is 24.2 Å². The number of hydrogen-bond acceptors (Lipinski definition) is 2. The van der Waals surface area contributed by atoms with E-state index in [1.54, 1.807) is 12.1 Å². The maximum absolute atomic E-state index is 13.6. The first-order chi connectivity index (χ1) is 11.5. The minimum atomic E-state index is -0.220. The minimum Gasteiger partial charge on any atom is -0.335 e. The molecule has 0 aromatic heterocycles. The fourth-order valence-electron chi connectivity index (χ4n) is 4.32. The van der Waals surface area contributed by atoms with Crippen molar-refractivity contribution in [3.63, 3.8) is 0 Å². The van der Waals surface area contributed by atoms with Crippen LogP contribution in [0.25, 0.3) is 0 Å². The number of carbonyl (C=O) groups is 1. The monoisotopic (exact) mass is 332 g/mol. The van der Waals surface area contributed by atoms with E-state index < -0.39 is 0 Å². The molecule has 2 aliphatic heterocycles. The molecule has 132 valence electrons. The van der Waals surface area contributed by atoms with Crippen molar-refractivity contribution in [2.45, 2.75) is 45.6 Å². The van der Waals surface area contributed by atoms with Crippen molar-refractivity contribution >= 4 is 5.91 Å². The summed E-state index contributed by atoms with van der Waals surface area (Å²) in [6, 6.07) is 6.77. The summed E-state index contributed by atoms with van der Waals surface area (Å²) in [6.45, 7) is 7.31. The van der Waals surface area contributed by atoms with Gasteiger partial charge >= 0.3 is 0 Å². The molecule has 1 N–H and O–H groups in total. The van der Waals surface area contributed by atoms with E-state index >= 15 is 0 Å². The average molecular weight is 332 g/mol. The molecule has 1 amide bonds. The fourth-order valence-corrected chi connectivity index (χ4v) is 4.32. The molecular weight excluding hydrogens is 303 g/mol. The van der Waals surface area contributed by atoms with E-state index in [9.17, 15) is 9.18 Å². The number of benzene rings is 1. The molecule has 2 saturated heterocycles. The number of rotatable bonds is 4. The van der Waals surface area contributed by atoms with Crippen LogP contribution in [0, 0.1) is 23.6 Å². The zero-order chi connectivity index (χ0) is 17.1. The highest BCUT2D eigenvalue weighted by Gasteiger charge is 2.35. The first kappa shape index (κ1) is 17.4. The Balaban J connectivity index is 1.67. The van der Waals surface area contributed by atoms with Crippen LogP contribution in [-0.4, -0.2) is 30.4 Å². The molecule has 3 unspecified atom stereocenters. The summed E-state index contributed by atoms with van der Waals surface area (Å²) in [5.41, 5.74) is 0.933. The molecule has 0 bridgehead atoms. The molecule has 1 aromatic carbocycles. The number of halogens is 1. The van der Waals surface area contributed by atoms with Gasteiger partial charge in [0, 0.05) is 13.0 Å². The van der Waals surface area contributed by atoms with Crippen LogP contribution in [0.3, 0.4) is 0 Å². The molecule has 2 fully saturated rings. The van der Waals surface area contributed by atoms with Crippen LogP contribution in [0.5, 0.6) is 0 Å². The lowest BCUT2D eigenvalue weighted by Gasteiger charge is -2.31. The first-order valence-corrected chi connectivity index (χ1v) is 9.30. The Bertz CT molecular complexity index is 571. The van der Waals surface area contributed by atoms with Crippen LogP contribution in [-0.2, 0) is 4.79 Å². The third kappa shape index (κ3) is 3.97. The lowest BCUT2D eigenvalue weighted by Crippen LogP contribution is -2.35. The molecule has 24 heavy (non-hydrogen) atoms. The predicted molar refractivity (Wildman–Crippen MR) is 94.0 cm³/mol. The van der Waals surface area contributed by atoms with E-state index in [-0.39, 0.29) is 17.8 Å². The molecule has 3 rings (SSSR count). The van der Waals surface area contributed by atoms with E-state index in [2.05, 4.69) is 19.2 Å². The van der Waals surface area contributed by atoms with Crippen molar-refractivity contribution in [3.05, 3.63) is 35.6 Å². The molecule has 1 aromatic rings. The normalized spacial score (nSPS) is 26.5. The van der Waals surface area contributed by atoms with Gasteiger partial charge in [-0.25, -0.2) is 4.39 Å². The molecule has 0 saturated carbocycles. The number of nitrogens with one attached hydrogen (secondary N) is 1. The Morgan fingerprint density at radius 2 is 2.12 bits per heavy atom. The van der Waals surface area contributed by atoms with Crippen molar-refractivity contribution in [2.75, 3.05) is 19.6 Å². The van der Waals surface area contributed by atoms with Gasteiger partial charge in [-0.3, -0.25) is 4.79 Å². The number of amides is 1. The third-order valence-corrected chi connectivity index (χ3v) is 5.75. The summed E-state index contributed by atoms with van der Waals surface area (Å²) in [5, 5.41) is 3.39. The molecule has 3 atom stereocenters. The van der Waals surface area contributed by atoms with Crippen LogP contribution >= 0.6 is 0 Å². The van der Waals surface area contributed by atoms with Crippen LogP contribution in [0.15, 0.2) is 24.3 Å². The number of hydrogen-bond donors (Lipinski definition) is 1. The number of nitrogens with zero attached hydrogens (tertiary/aromatic N) is 1. The second-order valence-electron chi connectivity index (χ2n) is 7.73. The van der Waals surface area contributed by atoms with Gasteiger partial charge in [0.2, 0.25) is 5.91 Å². The standard InChI is InChI=1S/C20H29FN2O/c1-14-10-19(17-4-3-5-18(21)12-17)23(13-14)20(24)11-15(2)16-6-8-22-9-7-16/h3-5,12,14-16,19,22H,6-11,13H2,1-2H3. The first-order valence-electron chi connectivity index (χ1n) is 9.30. The summed E-state index contributed by atoms with van der Waals surface area (Å²) in [5.74, 6) is 1.55. The Labute approximate surface area is 144 Å². The highest BCUT2D eigenvalue weighted by Crippen LogP contribution is 2.37. The Kier molecular flexibility index (Phi) is 5.54. The lowest BCUT2D eigenvalue weighted by molar-refractivity contribution is -0.133. The van der Waals surface area contributed by atoms with Crippen molar-refractivity contribution < 1.29 is 9.18 Å². The molecule has 0 aliphatic carbocycles. The van der Waals surface area contributed by atoms with Gasteiger partial charge in [-0.2, -0.15) is 0 Å². The van der Waals surface area contributed by atoms with Crippen molar-refractivity contribution in [2.24, 2.45) is 17.8 Å². The molecule has 0 spiro atoms. The fraction of sp³-hybridized carbons (Fsp3) is 0.650. The maximum atomic E-state index is 13.6. The summed E-state index contributed by atoms with van der Waals surface area (Å²) in [6.07, 6.45) is 3.87. The summed E-state index contributed by atoms with van der Waals surface area (Å²) in [7, 11) is 0. The number of piperidine rings is 1. The van der Waals surface area contributed by atoms with Crippen LogP contribution in [0.4, 0.5) is 4.39 Å². The van der Waals surface area contributed by atoms with E-state index in [1.165, 1.54) is 6.07 Å². The average Bonchev–Trinajstić information content (AvgIpc) is 2.98. The lowest BCUT2D eigenvalue weighted by atomic mass is 9.84. The third-order valence-electron chi connectivity index (χ3n) is 5.75. The van der Waals surface area contributed by atoms with Crippen LogP contribution in [0.2, 0.25) is 0 Å². The van der Waals surface area contributed by atoms with Gasteiger partial charge in [-0.1, -0.05) is 26.0 Å². The Morgan fingerprint density at radius 3 is 2.83 bits per heavy atom. The second-order valence-corrected chi connectivity index (χ2v) is 7.73. The highest BCUT2D eigenvalue weighted by molar-refractivity contribution is 5.77. The molecule has 2 aliphatic rings. The van der Waals surface area contributed by atoms with Crippen molar-refractivity contribution in [1.82, 2.24) is 10.2 Å². The Hall–Kier alpha value is -1.42. The number of likely N-dealkylation sites (tertiary alicyclic amines) is 1. The van der Waals surface area contributed by atoms with Gasteiger partial charge in [0.1, 0.15) is 5.82 Å². The maximum Gasteiger partial charge on any atom is 0.223 e. The van der Waals surface area contributed by atoms with Crippen LogP contribution in [0.1, 0.15) is 51.1 Å². The zero-order valence-corrected chi connectivity index (χ0v) is 14.8. The summed E-state index contributed by atoms with van der Waals surface area (Å²) in [4.78, 5) is 14.9. The van der Waals surface area contributed by atoms with E-state index in [4.69, 9.17) is 0 Å². The van der Waals surface area contributed by atoms with Gasteiger partial charge < -0.3 is 10.2 Å². The number of carbonyl (C=O) groups excluding carboxylic acids is 1. The molecule has 3 nitrogen and oxygen atoms in total. The van der Waals surface area contributed by atoms with Gasteiger partial charge in [0.25, 0.3) is 0 Å². The van der Waals surface area contributed by atoms with Gasteiger partial charge in [-0.15, -0.1) is 0 Å². The van der Waals surface area contributed by atoms with Gasteiger partial charge in [0.15, 0.2) is 0 Å². The molecule has 4 heteroatoms. The van der Waals surface area contributed by atoms with E-state index in [1.807, 2.05) is 11.0 Å². The molecular formula is C20H29FN2O. The summed E-state index contributed by atoms with van der Waals surface area (Å²) >= 11 is 0. The van der Waals surface area contributed by atoms with Gasteiger partial charge in [-0.05, 0) is 67.8 Å².